The monoisotopic (exact) mass is 418 g/mol. The summed E-state index contributed by atoms with van der Waals surface area (Å²) in [6.45, 7) is 0.487. The molecule has 2 aromatic carbocycles. The van der Waals surface area contributed by atoms with Crippen LogP contribution in [-0.4, -0.2) is 64.4 Å². The van der Waals surface area contributed by atoms with Crippen molar-refractivity contribution in [2.24, 2.45) is 0 Å². The Morgan fingerprint density at radius 2 is 1.65 bits per heavy atom. The van der Waals surface area contributed by atoms with Crippen molar-refractivity contribution in [3.05, 3.63) is 65.5 Å². The van der Waals surface area contributed by atoms with Crippen LogP contribution in [0, 0.1) is 0 Å². The van der Waals surface area contributed by atoms with E-state index in [0.717, 1.165) is 10.5 Å². The van der Waals surface area contributed by atoms with Crippen LogP contribution >= 0.6 is 0 Å². The van der Waals surface area contributed by atoms with E-state index in [1.54, 1.807) is 36.3 Å². The molecule has 0 radical (unpaired) electrons. The highest BCUT2D eigenvalue weighted by molar-refractivity contribution is 6.22. The highest BCUT2D eigenvalue weighted by Crippen LogP contribution is 2.31. The lowest BCUT2D eigenvalue weighted by molar-refractivity contribution is -0.136. The Morgan fingerprint density at radius 3 is 2.29 bits per heavy atom. The zero-order valence-electron chi connectivity index (χ0n) is 16.6. The standard InChI is InChI=1S/C22H18N4O5/c1-30-17-9-5-4-8-16(17)19-23-20(31-24-19)13-10-25(11-13)18(27)12-26-21(28)14-6-2-3-7-15(14)22(26)29/h2-9,13H,10-12H2,1H3. The number of fused-ring (bicyclic) bond motifs is 1. The van der Waals surface area contributed by atoms with Gasteiger partial charge in [0.15, 0.2) is 0 Å². The summed E-state index contributed by atoms with van der Waals surface area (Å²) in [6.07, 6.45) is 0. The highest BCUT2D eigenvalue weighted by Gasteiger charge is 2.40. The van der Waals surface area contributed by atoms with E-state index in [-0.39, 0.29) is 18.4 Å². The van der Waals surface area contributed by atoms with E-state index in [0.29, 0.717) is 41.7 Å². The molecule has 0 spiro atoms. The molecule has 0 bridgehead atoms. The van der Waals surface area contributed by atoms with E-state index in [1.807, 2.05) is 24.3 Å². The fraction of sp³-hybridized carbons (Fsp3) is 0.227. The summed E-state index contributed by atoms with van der Waals surface area (Å²) in [5, 5.41) is 4.03. The summed E-state index contributed by atoms with van der Waals surface area (Å²) in [5.41, 5.74) is 1.38. The number of rotatable bonds is 5. The second kappa shape index (κ2) is 7.35. The molecule has 0 N–H and O–H groups in total. The summed E-state index contributed by atoms with van der Waals surface area (Å²) < 4.78 is 10.7. The van der Waals surface area contributed by atoms with E-state index in [1.165, 1.54) is 0 Å². The first-order valence-corrected chi connectivity index (χ1v) is 9.77. The van der Waals surface area contributed by atoms with Crippen LogP contribution < -0.4 is 4.74 Å². The smallest absolute Gasteiger partial charge is 0.262 e. The average molecular weight is 418 g/mol. The Morgan fingerprint density at radius 1 is 1.03 bits per heavy atom. The molecule has 3 amide bonds. The molecule has 5 rings (SSSR count). The zero-order chi connectivity index (χ0) is 21.5. The third kappa shape index (κ3) is 3.14. The minimum Gasteiger partial charge on any atom is -0.496 e. The third-order valence-corrected chi connectivity index (χ3v) is 5.54. The molecule has 2 aliphatic rings. The number of carbonyl (C=O) groups is 3. The van der Waals surface area contributed by atoms with Gasteiger partial charge in [-0.15, -0.1) is 0 Å². The minimum atomic E-state index is -0.440. The summed E-state index contributed by atoms with van der Waals surface area (Å²) >= 11 is 0. The molecule has 9 nitrogen and oxygen atoms in total. The van der Waals surface area contributed by atoms with Gasteiger partial charge >= 0.3 is 0 Å². The zero-order valence-corrected chi connectivity index (χ0v) is 16.6. The lowest BCUT2D eigenvalue weighted by Gasteiger charge is -2.37. The van der Waals surface area contributed by atoms with E-state index in [9.17, 15) is 14.4 Å². The molecule has 1 saturated heterocycles. The van der Waals surface area contributed by atoms with Gasteiger partial charge in [-0.3, -0.25) is 19.3 Å². The maximum Gasteiger partial charge on any atom is 0.262 e. The maximum atomic E-state index is 12.6. The van der Waals surface area contributed by atoms with Gasteiger partial charge in [-0.1, -0.05) is 29.4 Å². The Labute approximate surface area is 177 Å². The molecule has 31 heavy (non-hydrogen) atoms. The van der Waals surface area contributed by atoms with Crippen LogP contribution in [0.15, 0.2) is 53.1 Å². The molecule has 0 saturated carbocycles. The topological polar surface area (TPSA) is 106 Å². The van der Waals surface area contributed by atoms with Gasteiger partial charge in [0.2, 0.25) is 17.6 Å². The summed E-state index contributed by atoms with van der Waals surface area (Å²) in [4.78, 5) is 44.5. The first kappa shape index (κ1) is 19.0. The Hall–Kier alpha value is -4.01. The van der Waals surface area contributed by atoms with Crippen molar-refractivity contribution in [3.8, 4) is 17.1 Å². The normalized spacial score (nSPS) is 15.8. The third-order valence-electron chi connectivity index (χ3n) is 5.54. The molecule has 9 heteroatoms. The second-order valence-electron chi connectivity index (χ2n) is 7.39. The van der Waals surface area contributed by atoms with Gasteiger partial charge < -0.3 is 14.2 Å². The van der Waals surface area contributed by atoms with Crippen LogP contribution in [0.3, 0.4) is 0 Å². The summed E-state index contributed by atoms with van der Waals surface area (Å²) in [5.74, 6) is 0.223. The summed E-state index contributed by atoms with van der Waals surface area (Å²) in [7, 11) is 1.57. The van der Waals surface area contributed by atoms with Gasteiger partial charge in [0.05, 0.1) is 29.7 Å². The number of hydrogen-bond donors (Lipinski definition) is 0. The predicted octanol–water partition coefficient (Wildman–Crippen LogP) is 1.97. The number of methoxy groups -OCH3 is 1. The largest absolute Gasteiger partial charge is 0.496 e. The Kier molecular flexibility index (Phi) is 4.50. The molecule has 1 fully saturated rings. The molecule has 3 aromatic rings. The van der Waals surface area contributed by atoms with Gasteiger partial charge in [0.25, 0.3) is 11.8 Å². The molecular formula is C22H18N4O5. The number of amides is 3. The van der Waals surface area contributed by atoms with Crippen LogP contribution in [0.5, 0.6) is 5.75 Å². The first-order valence-electron chi connectivity index (χ1n) is 9.77. The van der Waals surface area contributed by atoms with Gasteiger partial charge in [0, 0.05) is 13.1 Å². The molecule has 3 heterocycles. The number of para-hydroxylation sites is 1. The van der Waals surface area contributed by atoms with Crippen molar-refractivity contribution in [3.63, 3.8) is 0 Å². The van der Waals surface area contributed by atoms with Crippen molar-refractivity contribution >= 4 is 17.7 Å². The van der Waals surface area contributed by atoms with Crippen LogP contribution in [0.2, 0.25) is 0 Å². The van der Waals surface area contributed by atoms with Crippen molar-refractivity contribution in [2.45, 2.75) is 5.92 Å². The number of nitrogens with zero attached hydrogens (tertiary/aromatic N) is 4. The molecule has 0 unspecified atom stereocenters. The minimum absolute atomic E-state index is 0.0953. The van der Waals surface area contributed by atoms with Crippen molar-refractivity contribution in [1.82, 2.24) is 19.9 Å². The van der Waals surface area contributed by atoms with Gasteiger partial charge in [-0.25, -0.2) is 0 Å². The van der Waals surface area contributed by atoms with Crippen molar-refractivity contribution in [1.29, 1.82) is 0 Å². The quantitative estimate of drug-likeness (QED) is 0.583. The fourth-order valence-electron chi connectivity index (χ4n) is 3.80. The van der Waals surface area contributed by atoms with Crippen LogP contribution in [0.25, 0.3) is 11.4 Å². The number of benzene rings is 2. The van der Waals surface area contributed by atoms with Crippen LogP contribution in [0.4, 0.5) is 0 Å². The number of aromatic nitrogens is 2. The molecule has 2 aliphatic heterocycles. The van der Waals surface area contributed by atoms with E-state index < -0.39 is 11.8 Å². The number of imide groups is 1. The van der Waals surface area contributed by atoms with Crippen LogP contribution in [0.1, 0.15) is 32.5 Å². The van der Waals surface area contributed by atoms with Crippen molar-refractivity contribution in [2.75, 3.05) is 26.7 Å². The van der Waals surface area contributed by atoms with E-state index >= 15 is 0 Å². The molecule has 0 atom stereocenters. The Bertz CT molecular complexity index is 1160. The van der Waals surface area contributed by atoms with Gasteiger partial charge in [-0.2, -0.15) is 4.98 Å². The Balaban J connectivity index is 1.22. The number of hydrogen-bond acceptors (Lipinski definition) is 7. The SMILES string of the molecule is COc1ccccc1-c1noc(C2CN(C(=O)CN3C(=O)c4ccccc4C3=O)C2)n1. The van der Waals surface area contributed by atoms with Gasteiger partial charge in [-0.05, 0) is 24.3 Å². The number of ether oxygens (including phenoxy) is 1. The fourth-order valence-corrected chi connectivity index (χ4v) is 3.80. The van der Waals surface area contributed by atoms with Gasteiger partial charge in [0.1, 0.15) is 12.3 Å². The molecular weight excluding hydrogens is 400 g/mol. The maximum absolute atomic E-state index is 12.6. The second-order valence-corrected chi connectivity index (χ2v) is 7.39. The lowest BCUT2D eigenvalue weighted by atomic mass is 10.00. The lowest BCUT2D eigenvalue weighted by Crippen LogP contribution is -2.52. The summed E-state index contributed by atoms with van der Waals surface area (Å²) in [6, 6.07) is 13.9. The first-order chi connectivity index (χ1) is 15.1. The molecule has 156 valence electrons. The number of likely N-dealkylation sites (tertiary alicyclic amines) is 1. The van der Waals surface area contributed by atoms with Crippen LogP contribution in [-0.2, 0) is 4.79 Å². The highest BCUT2D eigenvalue weighted by atomic mass is 16.5. The van der Waals surface area contributed by atoms with E-state index in [4.69, 9.17) is 9.26 Å². The molecule has 0 aliphatic carbocycles. The molecule has 1 aromatic heterocycles. The predicted molar refractivity (Wildman–Crippen MR) is 107 cm³/mol. The van der Waals surface area contributed by atoms with E-state index in [2.05, 4.69) is 10.1 Å². The average Bonchev–Trinajstić information content (AvgIpc) is 3.33. The van der Waals surface area contributed by atoms with Crippen molar-refractivity contribution < 1.29 is 23.6 Å². The number of carbonyl (C=O) groups excluding carboxylic acids is 3.